The van der Waals surface area contributed by atoms with Gasteiger partial charge in [-0.1, -0.05) is 66.0 Å². The standard InChI is InChI=1S/C50H77Br3N3O12PS4/c1-36(2)55(37(3)4)69(56(38(5)6)39(7)8)68-30-29-64-31-32-70-49(57)15-13-12-14-28-54-50(33-65-40(9)71(58,59)46-22-16-43(51)17-23-46,34-66-41(10)72(60,61)47-24-18-44(52)19-25-47)35-67-42(11)73(62,63)48-26-20-45(53)21-27-48/h16-27,36-42,54H,12-15,28-35H2,1-11H3. The molecule has 0 aromatic heterocycles. The number of unbranched alkanes of at least 4 members (excludes halogenated alkanes) is 2. The van der Waals surface area contributed by atoms with Gasteiger partial charge in [-0.25, -0.2) is 34.6 Å². The fourth-order valence-electron chi connectivity index (χ4n) is 7.55. The van der Waals surface area contributed by atoms with Crippen molar-refractivity contribution in [1.29, 1.82) is 0 Å². The number of nitrogens with one attached hydrogen (secondary N) is 1. The lowest BCUT2D eigenvalue weighted by atomic mass is 10.0. The number of thioether (sulfide) groups is 1. The van der Waals surface area contributed by atoms with Crippen molar-refractivity contribution in [3.05, 3.63) is 86.2 Å². The maximum atomic E-state index is 13.7. The molecule has 414 valence electrons. The van der Waals surface area contributed by atoms with Crippen molar-refractivity contribution < 1.29 is 53.5 Å². The summed E-state index contributed by atoms with van der Waals surface area (Å²) in [6.07, 6.45) is 2.08. The first-order valence-electron chi connectivity index (χ1n) is 24.5. The minimum absolute atomic E-state index is 0.0208. The second kappa shape index (κ2) is 31.6. The second-order valence-electron chi connectivity index (χ2n) is 18.7. The molecule has 0 bridgehead atoms. The van der Waals surface area contributed by atoms with Gasteiger partial charge in [-0.2, -0.15) is 0 Å². The summed E-state index contributed by atoms with van der Waals surface area (Å²) in [5.41, 5.74) is -5.67. The molecule has 0 saturated carbocycles. The van der Waals surface area contributed by atoms with Crippen molar-refractivity contribution in [1.82, 2.24) is 14.7 Å². The van der Waals surface area contributed by atoms with Crippen molar-refractivity contribution in [2.75, 3.05) is 51.9 Å². The maximum absolute atomic E-state index is 13.7. The summed E-state index contributed by atoms with van der Waals surface area (Å²) < 4.78 is 120. The van der Waals surface area contributed by atoms with Crippen molar-refractivity contribution >= 4 is 103 Å². The third-order valence-corrected chi connectivity index (χ3v) is 22.9. The number of nitrogens with zero attached hydrogens (tertiary/aromatic N) is 2. The lowest BCUT2D eigenvalue weighted by Gasteiger charge is -2.45. The smallest absolute Gasteiger partial charge is 0.204 e. The number of carbonyl (C=O) groups is 1. The van der Waals surface area contributed by atoms with Crippen LogP contribution in [0.3, 0.4) is 0 Å². The molecule has 0 aliphatic carbocycles. The Morgan fingerprint density at radius 2 is 0.904 bits per heavy atom. The predicted octanol–water partition coefficient (Wildman–Crippen LogP) is 11.4. The van der Waals surface area contributed by atoms with Crippen LogP contribution in [0.2, 0.25) is 0 Å². The van der Waals surface area contributed by atoms with E-state index in [4.69, 9.17) is 23.5 Å². The van der Waals surface area contributed by atoms with Gasteiger partial charge in [0.1, 0.15) is 0 Å². The van der Waals surface area contributed by atoms with Gasteiger partial charge in [0.2, 0.25) is 29.5 Å². The number of carbonyl (C=O) groups excluding carboxylic acids is 1. The molecule has 0 aliphatic heterocycles. The summed E-state index contributed by atoms with van der Waals surface area (Å²) in [6, 6.07) is 19.5. The summed E-state index contributed by atoms with van der Waals surface area (Å²) in [5, 5.41) is 3.42. The number of halogens is 3. The summed E-state index contributed by atoms with van der Waals surface area (Å²) in [5.74, 6) is 0.508. The van der Waals surface area contributed by atoms with Crippen LogP contribution in [0.4, 0.5) is 0 Å². The van der Waals surface area contributed by atoms with Gasteiger partial charge in [-0.3, -0.25) is 4.79 Å². The van der Waals surface area contributed by atoms with Gasteiger partial charge in [0.05, 0.1) is 59.9 Å². The van der Waals surface area contributed by atoms with Crippen molar-refractivity contribution in [2.45, 2.75) is 163 Å². The molecule has 0 heterocycles. The van der Waals surface area contributed by atoms with Gasteiger partial charge in [-0.05, 0) is 168 Å². The van der Waals surface area contributed by atoms with Crippen molar-refractivity contribution in [3.8, 4) is 0 Å². The zero-order valence-electron chi connectivity index (χ0n) is 44.0. The summed E-state index contributed by atoms with van der Waals surface area (Å²) in [6.45, 7) is 22.0. The molecule has 0 amide bonds. The Morgan fingerprint density at radius 3 is 1.25 bits per heavy atom. The topological polar surface area (TPSA) is 184 Å². The molecule has 15 nitrogen and oxygen atoms in total. The molecule has 3 aromatic carbocycles. The van der Waals surface area contributed by atoms with E-state index < -0.39 is 79.6 Å². The van der Waals surface area contributed by atoms with Crippen LogP contribution in [-0.2, 0) is 57.8 Å². The highest BCUT2D eigenvalue weighted by atomic mass is 79.9. The molecule has 3 rings (SSSR count). The highest BCUT2D eigenvalue weighted by Crippen LogP contribution is 2.50. The molecule has 0 saturated heterocycles. The number of sulfone groups is 3. The fraction of sp³-hybridized carbons (Fsp3) is 0.620. The third kappa shape index (κ3) is 21.0. The summed E-state index contributed by atoms with van der Waals surface area (Å²) >= 11 is 11.2. The van der Waals surface area contributed by atoms with E-state index in [9.17, 15) is 30.0 Å². The minimum atomic E-state index is -4.04. The Morgan fingerprint density at radius 1 is 0.548 bits per heavy atom. The Balaban J connectivity index is 1.72. The summed E-state index contributed by atoms with van der Waals surface area (Å²) in [4.78, 5) is 13.0. The Bertz CT molecular complexity index is 2220. The van der Waals surface area contributed by atoms with Gasteiger partial charge in [0.25, 0.3) is 0 Å². The van der Waals surface area contributed by atoms with Gasteiger partial charge in [0, 0.05) is 49.8 Å². The molecule has 1 N–H and O–H groups in total. The van der Waals surface area contributed by atoms with Crippen LogP contribution in [0.1, 0.15) is 102 Å². The van der Waals surface area contributed by atoms with Crippen LogP contribution in [0.5, 0.6) is 0 Å². The zero-order chi connectivity index (χ0) is 54.7. The van der Waals surface area contributed by atoms with E-state index >= 15 is 0 Å². The number of hydrogen-bond donors (Lipinski definition) is 1. The molecule has 0 aliphatic rings. The van der Waals surface area contributed by atoms with E-state index in [-0.39, 0.29) is 26.3 Å². The van der Waals surface area contributed by atoms with Crippen LogP contribution in [-0.4, -0.2) is 138 Å². The highest BCUT2D eigenvalue weighted by molar-refractivity contribution is 9.11. The molecular weight excluding hydrogens is 1230 g/mol. The Labute approximate surface area is 467 Å². The Kier molecular flexibility index (Phi) is 28.7. The van der Waals surface area contributed by atoms with Crippen LogP contribution in [0.25, 0.3) is 0 Å². The van der Waals surface area contributed by atoms with Gasteiger partial charge in [-0.15, -0.1) is 0 Å². The number of rotatable bonds is 35. The average Bonchev–Trinajstić information content (AvgIpc) is 3.32. The SMILES string of the molecule is CC(C)N(C(C)C)P(OCCOCCSC(=O)CCCCCNC(COC(C)S(=O)(=O)c1ccc(Br)cc1)(COC(C)S(=O)(=O)c1ccc(Br)cc1)COC(C)S(=O)(=O)c1ccc(Br)cc1)N(C(C)C)C(C)C. The van der Waals surface area contributed by atoms with Gasteiger partial charge < -0.3 is 28.8 Å². The molecule has 0 radical (unpaired) electrons. The molecule has 73 heavy (non-hydrogen) atoms. The molecule has 3 aromatic rings. The molecule has 23 heteroatoms. The van der Waals surface area contributed by atoms with Gasteiger partial charge >= 0.3 is 0 Å². The van der Waals surface area contributed by atoms with Gasteiger partial charge in [0.15, 0.2) is 29.9 Å². The lowest BCUT2D eigenvalue weighted by Crippen LogP contribution is -2.58. The highest BCUT2D eigenvalue weighted by Gasteiger charge is 2.39. The fourth-order valence-corrected chi connectivity index (χ4v) is 14.8. The minimum Gasteiger partial charge on any atom is -0.378 e. The van der Waals surface area contributed by atoms with Crippen LogP contribution in [0.15, 0.2) is 101 Å². The van der Waals surface area contributed by atoms with Crippen molar-refractivity contribution in [2.24, 2.45) is 0 Å². The maximum Gasteiger partial charge on any atom is 0.204 e. The first-order chi connectivity index (χ1) is 34.2. The van der Waals surface area contributed by atoms with E-state index in [1.54, 1.807) is 36.4 Å². The number of ether oxygens (including phenoxy) is 4. The van der Waals surface area contributed by atoms with E-state index in [2.05, 4.69) is 118 Å². The molecule has 3 unspecified atom stereocenters. The van der Waals surface area contributed by atoms with Crippen LogP contribution >= 0.6 is 68.0 Å². The average molecular weight is 1310 g/mol. The molecule has 0 fully saturated rings. The lowest BCUT2D eigenvalue weighted by molar-refractivity contribution is -0.111. The van der Waals surface area contributed by atoms with E-state index in [0.29, 0.717) is 88.8 Å². The molecular formula is C50H77Br3N3O12PS4. The van der Waals surface area contributed by atoms with Crippen LogP contribution < -0.4 is 5.32 Å². The first-order valence-corrected chi connectivity index (χ1v) is 33.6. The molecule has 0 spiro atoms. The van der Waals surface area contributed by atoms with Crippen molar-refractivity contribution in [3.63, 3.8) is 0 Å². The monoisotopic (exact) mass is 1310 g/mol. The predicted molar refractivity (Wildman–Crippen MR) is 305 cm³/mol. The van der Waals surface area contributed by atoms with Crippen LogP contribution in [0, 0.1) is 0 Å². The van der Waals surface area contributed by atoms with E-state index in [1.165, 1.54) is 68.9 Å². The largest absolute Gasteiger partial charge is 0.378 e. The second-order valence-corrected chi connectivity index (χ2v) is 31.0. The quantitative estimate of drug-likeness (QED) is 0.0433. The number of benzene rings is 3. The molecule has 3 atom stereocenters. The first kappa shape index (κ1) is 66.4. The van der Waals surface area contributed by atoms with E-state index in [1.807, 2.05) is 0 Å². The summed E-state index contributed by atoms with van der Waals surface area (Å²) in [7, 11) is -13.1. The zero-order valence-corrected chi connectivity index (χ0v) is 52.9. The number of hydrogen-bond acceptors (Lipinski definition) is 16. The third-order valence-electron chi connectivity index (χ3n) is 11.5. The Hall–Kier alpha value is -0.920. The normalized spacial score (nSPS) is 15.0. The van der Waals surface area contributed by atoms with E-state index in [0.717, 1.165) is 0 Å².